The molecular formula is C16H16FN5O. The van der Waals surface area contributed by atoms with Gasteiger partial charge in [-0.3, -0.25) is 9.36 Å². The second-order valence-electron chi connectivity index (χ2n) is 5.33. The van der Waals surface area contributed by atoms with Crippen molar-refractivity contribution in [2.24, 2.45) is 7.05 Å². The van der Waals surface area contributed by atoms with Crippen molar-refractivity contribution < 1.29 is 4.39 Å². The van der Waals surface area contributed by atoms with Gasteiger partial charge in [0.2, 0.25) is 5.95 Å². The number of pyridine rings is 1. The second-order valence-corrected chi connectivity index (χ2v) is 5.33. The van der Waals surface area contributed by atoms with Crippen LogP contribution in [0.3, 0.4) is 0 Å². The lowest BCUT2D eigenvalue weighted by atomic mass is 10.00. The van der Waals surface area contributed by atoms with Gasteiger partial charge in [-0.1, -0.05) is 0 Å². The van der Waals surface area contributed by atoms with Crippen LogP contribution >= 0.6 is 0 Å². The van der Waals surface area contributed by atoms with Gasteiger partial charge in [0.1, 0.15) is 11.5 Å². The van der Waals surface area contributed by atoms with Crippen LogP contribution in [-0.4, -0.2) is 21.6 Å². The molecule has 3 rings (SSSR count). The van der Waals surface area contributed by atoms with E-state index in [0.29, 0.717) is 33.7 Å². The van der Waals surface area contributed by atoms with E-state index in [-0.39, 0.29) is 11.2 Å². The average molecular weight is 313 g/mol. The molecule has 0 bridgehead atoms. The molecule has 0 saturated carbocycles. The molecule has 0 unspecified atom stereocenters. The summed E-state index contributed by atoms with van der Waals surface area (Å²) in [6.45, 7) is 1.74. The van der Waals surface area contributed by atoms with E-state index in [4.69, 9.17) is 5.73 Å². The molecule has 0 aliphatic rings. The number of anilines is 2. The molecule has 0 saturated heterocycles. The first-order valence-electron chi connectivity index (χ1n) is 7.03. The van der Waals surface area contributed by atoms with Crippen LogP contribution in [0, 0.1) is 12.7 Å². The fourth-order valence-electron chi connectivity index (χ4n) is 2.54. The first kappa shape index (κ1) is 15.0. The van der Waals surface area contributed by atoms with Gasteiger partial charge in [-0.05, 0) is 36.2 Å². The van der Waals surface area contributed by atoms with E-state index in [1.54, 1.807) is 33.3 Å². The van der Waals surface area contributed by atoms with E-state index in [1.807, 2.05) is 0 Å². The second kappa shape index (κ2) is 5.35. The van der Waals surface area contributed by atoms with E-state index in [2.05, 4.69) is 15.3 Å². The Hall–Kier alpha value is -2.96. The van der Waals surface area contributed by atoms with Crippen LogP contribution in [0.5, 0.6) is 0 Å². The number of aromatic nitrogens is 3. The highest BCUT2D eigenvalue weighted by Crippen LogP contribution is 2.27. The lowest BCUT2D eigenvalue weighted by molar-refractivity contribution is 0.631. The lowest BCUT2D eigenvalue weighted by Crippen LogP contribution is -2.20. The largest absolute Gasteiger partial charge is 0.396 e. The molecule has 118 valence electrons. The average Bonchev–Trinajstić information content (AvgIpc) is 2.54. The number of nitrogen functional groups attached to an aromatic ring is 1. The zero-order valence-electron chi connectivity index (χ0n) is 13.0. The Bertz CT molecular complexity index is 980. The predicted octanol–water partition coefficient (Wildman–Crippen LogP) is 2.07. The van der Waals surface area contributed by atoms with Crippen molar-refractivity contribution >= 4 is 22.7 Å². The van der Waals surface area contributed by atoms with Crippen LogP contribution < -0.4 is 16.6 Å². The zero-order chi connectivity index (χ0) is 16.7. The van der Waals surface area contributed by atoms with Crippen molar-refractivity contribution in [1.29, 1.82) is 0 Å². The van der Waals surface area contributed by atoms with E-state index < -0.39 is 5.82 Å². The van der Waals surface area contributed by atoms with Crippen molar-refractivity contribution in [3.8, 4) is 11.1 Å². The molecule has 0 radical (unpaired) electrons. The van der Waals surface area contributed by atoms with Gasteiger partial charge >= 0.3 is 0 Å². The smallest absolute Gasteiger partial charge is 0.259 e. The van der Waals surface area contributed by atoms with Crippen LogP contribution in [0.2, 0.25) is 0 Å². The molecule has 6 nitrogen and oxygen atoms in total. The summed E-state index contributed by atoms with van der Waals surface area (Å²) in [6, 6.07) is 4.52. The Morgan fingerprint density at radius 1 is 1.26 bits per heavy atom. The minimum Gasteiger partial charge on any atom is -0.396 e. The highest BCUT2D eigenvalue weighted by Gasteiger charge is 2.14. The number of halogens is 1. The van der Waals surface area contributed by atoms with Crippen molar-refractivity contribution in [2.45, 2.75) is 6.92 Å². The molecule has 0 amide bonds. The maximum absolute atomic E-state index is 13.6. The van der Waals surface area contributed by atoms with Gasteiger partial charge in [0, 0.05) is 31.2 Å². The fourth-order valence-corrected chi connectivity index (χ4v) is 2.54. The highest BCUT2D eigenvalue weighted by atomic mass is 19.1. The van der Waals surface area contributed by atoms with E-state index in [1.165, 1.54) is 16.7 Å². The Kier molecular flexibility index (Phi) is 3.48. The Labute approximate surface area is 131 Å². The molecule has 0 aliphatic carbocycles. The van der Waals surface area contributed by atoms with Crippen LogP contribution in [0.25, 0.3) is 22.2 Å². The van der Waals surface area contributed by atoms with Crippen LogP contribution in [-0.2, 0) is 7.05 Å². The first-order chi connectivity index (χ1) is 10.9. The summed E-state index contributed by atoms with van der Waals surface area (Å²) in [7, 11) is 3.35. The van der Waals surface area contributed by atoms with Gasteiger partial charge in [0.05, 0.1) is 5.69 Å². The fraction of sp³-hybridized carbons (Fsp3) is 0.188. The van der Waals surface area contributed by atoms with E-state index in [9.17, 15) is 9.18 Å². The van der Waals surface area contributed by atoms with Crippen molar-refractivity contribution in [2.75, 3.05) is 18.1 Å². The molecule has 2 heterocycles. The number of benzene rings is 1. The van der Waals surface area contributed by atoms with Crippen LogP contribution in [0.15, 0.2) is 29.2 Å². The van der Waals surface area contributed by atoms with E-state index in [0.717, 1.165) is 0 Å². The molecule has 3 aromatic rings. The molecule has 7 heteroatoms. The number of hydrogen-bond acceptors (Lipinski definition) is 5. The number of aryl methyl sites for hydroxylation is 2. The summed E-state index contributed by atoms with van der Waals surface area (Å²) in [4.78, 5) is 21.1. The number of nitrogens with two attached hydrogens (primary N) is 1. The van der Waals surface area contributed by atoms with Gasteiger partial charge in [0.25, 0.3) is 5.56 Å². The minimum absolute atomic E-state index is 0.00882. The van der Waals surface area contributed by atoms with Crippen LogP contribution in [0.1, 0.15) is 5.56 Å². The number of fused-ring (bicyclic) bond motifs is 1. The predicted molar refractivity (Wildman–Crippen MR) is 88.9 cm³/mol. The summed E-state index contributed by atoms with van der Waals surface area (Å²) in [5.74, 6) is -0.0617. The summed E-state index contributed by atoms with van der Waals surface area (Å²) in [5.41, 5.74) is 7.62. The summed E-state index contributed by atoms with van der Waals surface area (Å²) >= 11 is 0. The SMILES string of the molecule is CNc1ncc2cc(-c3cc(N)c(F)cc3C)c(=O)n(C)c2n1. The van der Waals surface area contributed by atoms with Gasteiger partial charge in [0.15, 0.2) is 0 Å². The Balaban J connectivity index is 2.34. The van der Waals surface area contributed by atoms with Crippen molar-refractivity contribution in [3.05, 3.63) is 46.1 Å². The third kappa shape index (κ3) is 2.40. The summed E-state index contributed by atoms with van der Waals surface area (Å²) < 4.78 is 15.0. The normalized spacial score (nSPS) is 11.0. The molecule has 2 aromatic heterocycles. The zero-order valence-corrected chi connectivity index (χ0v) is 13.0. The highest BCUT2D eigenvalue weighted by molar-refractivity contribution is 5.83. The summed E-state index contributed by atoms with van der Waals surface area (Å²) in [5, 5.41) is 3.55. The summed E-state index contributed by atoms with van der Waals surface area (Å²) in [6.07, 6.45) is 1.64. The van der Waals surface area contributed by atoms with Gasteiger partial charge in [-0.2, -0.15) is 4.98 Å². The topological polar surface area (TPSA) is 85.8 Å². The first-order valence-corrected chi connectivity index (χ1v) is 7.03. The minimum atomic E-state index is -0.495. The Morgan fingerprint density at radius 2 is 2.00 bits per heavy atom. The third-order valence-corrected chi connectivity index (χ3v) is 3.81. The molecule has 0 aliphatic heterocycles. The van der Waals surface area contributed by atoms with Gasteiger partial charge in [-0.25, -0.2) is 9.37 Å². The molecular weight excluding hydrogens is 297 g/mol. The maximum atomic E-state index is 13.6. The maximum Gasteiger partial charge on any atom is 0.259 e. The monoisotopic (exact) mass is 313 g/mol. The number of nitrogens with zero attached hydrogens (tertiary/aromatic N) is 3. The molecule has 0 spiro atoms. The van der Waals surface area contributed by atoms with Crippen molar-refractivity contribution in [1.82, 2.24) is 14.5 Å². The lowest BCUT2D eigenvalue weighted by Gasteiger charge is -2.12. The Morgan fingerprint density at radius 3 is 2.70 bits per heavy atom. The molecule has 3 N–H and O–H groups in total. The molecule has 0 fully saturated rings. The number of nitrogens with one attached hydrogen (secondary N) is 1. The molecule has 0 atom stereocenters. The van der Waals surface area contributed by atoms with E-state index >= 15 is 0 Å². The molecule has 23 heavy (non-hydrogen) atoms. The standard InChI is InChI=1S/C16H16FN5O/c1-8-4-12(17)13(18)6-10(8)11-5-9-7-20-16(19-2)21-14(9)22(3)15(11)23/h4-7H,18H2,1-3H3,(H,19,20,21). The molecule has 1 aromatic carbocycles. The van der Waals surface area contributed by atoms with Crippen molar-refractivity contribution in [3.63, 3.8) is 0 Å². The van der Waals surface area contributed by atoms with Crippen LogP contribution in [0.4, 0.5) is 16.0 Å². The third-order valence-electron chi connectivity index (χ3n) is 3.81. The quantitative estimate of drug-likeness (QED) is 0.707. The van der Waals surface area contributed by atoms with Gasteiger partial charge < -0.3 is 11.1 Å². The number of rotatable bonds is 2. The van der Waals surface area contributed by atoms with Gasteiger partial charge in [-0.15, -0.1) is 0 Å². The number of hydrogen-bond donors (Lipinski definition) is 2.